The molecule has 0 radical (unpaired) electrons. The predicted molar refractivity (Wildman–Crippen MR) is 79.6 cm³/mol. The molecular formula is C16H24N2O2. The van der Waals surface area contributed by atoms with Crippen LogP contribution in [-0.4, -0.2) is 35.7 Å². The smallest absolute Gasteiger partial charge is 0.410 e. The van der Waals surface area contributed by atoms with E-state index in [2.05, 4.69) is 12.1 Å². The number of amides is 1. The van der Waals surface area contributed by atoms with Gasteiger partial charge in [-0.2, -0.15) is 0 Å². The number of carbonyl (C=O) groups is 1. The molecule has 4 heteroatoms. The largest absolute Gasteiger partial charge is 0.444 e. The maximum absolute atomic E-state index is 12.1. The van der Waals surface area contributed by atoms with Crippen LogP contribution in [0.5, 0.6) is 0 Å². The molecule has 2 atom stereocenters. The summed E-state index contributed by atoms with van der Waals surface area (Å²) < 4.78 is 5.40. The van der Waals surface area contributed by atoms with E-state index in [9.17, 15) is 4.79 Å². The highest BCUT2D eigenvalue weighted by atomic mass is 16.6. The van der Waals surface area contributed by atoms with E-state index in [0.717, 1.165) is 6.42 Å². The van der Waals surface area contributed by atoms with Crippen molar-refractivity contribution in [1.82, 2.24) is 4.90 Å². The topological polar surface area (TPSA) is 55.6 Å². The van der Waals surface area contributed by atoms with Crippen molar-refractivity contribution in [3.05, 3.63) is 35.9 Å². The molecule has 4 nitrogen and oxygen atoms in total. The first-order valence-electron chi connectivity index (χ1n) is 7.15. The maximum Gasteiger partial charge on any atom is 0.410 e. The number of hydrogen-bond acceptors (Lipinski definition) is 3. The van der Waals surface area contributed by atoms with Crippen molar-refractivity contribution < 1.29 is 9.53 Å². The molecule has 0 saturated carbocycles. The van der Waals surface area contributed by atoms with E-state index >= 15 is 0 Å². The quantitative estimate of drug-likeness (QED) is 0.858. The fraction of sp³-hybridized carbons (Fsp3) is 0.562. The van der Waals surface area contributed by atoms with E-state index in [1.807, 2.05) is 39.0 Å². The average molecular weight is 276 g/mol. The van der Waals surface area contributed by atoms with Gasteiger partial charge in [-0.05, 0) is 32.8 Å². The lowest BCUT2D eigenvalue weighted by Gasteiger charge is -2.37. The summed E-state index contributed by atoms with van der Waals surface area (Å²) in [5.74, 6) is 0.315. The monoisotopic (exact) mass is 276 g/mol. The highest BCUT2D eigenvalue weighted by Gasteiger charge is 2.32. The number of nitrogens with zero attached hydrogens (tertiary/aromatic N) is 1. The average Bonchev–Trinajstić information content (AvgIpc) is 2.37. The van der Waals surface area contributed by atoms with Crippen LogP contribution in [0.3, 0.4) is 0 Å². The van der Waals surface area contributed by atoms with Gasteiger partial charge in [0.1, 0.15) is 5.60 Å². The molecule has 110 valence electrons. The molecule has 1 amide bonds. The number of nitrogens with two attached hydrogens (primary N) is 1. The summed E-state index contributed by atoms with van der Waals surface area (Å²) in [6.45, 7) is 6.88. The second-order valence-electron chi connectivity index (χ2n) is 6.40. The van der Waals surface area contributed by atoms with Crippen LogP contribution in [0.25, 0.3) is 0 Å². The summed E-state index contributed by atoms with van der Waals surface area (Å²) in [5, 5.41) is 0. The van der Waals surface area contributed by atoms with Gasteiger partial charge in [0, 0.05) is 25.0 Å². The van der Waals surface area contributed by atoms with Crippen molar-refractivity contribution in [1.29, 1.82) is 0 Å². The lowest BCUT2D eigenvalue weighted by Crippen LogP contribution is -2.50. The first-order valence-corrected chi connectivity index (χ1v) is 7.15. The molecule has 0 spiro atoms. The zero-order chi connectivity index (χ0) is 14.8. The third kappa shape index (κ3) is 3.73. The van der Waals surface area contributed by atoms with Gasteiger partial charge in [0.2, 0.25) is 0 Å². The Kier molecular flexibility index (Phi) is 4.33. The number of benzene rings is 1. The van der Waals surface area contributed by atoms with Crippen LogP contribution in [0.4, 0.5) is 4.79 Å². The number of hydrogen-bond donors (Lipinski definition) is 1. The van der Waals surface area contributed by atoms with E-state index in [1.54, 1.807) is 4.90 Å². The van der Waals surface area contributed by atoms with Crippen LogP contribution in [0.1, 0.15) is 38.7 Å². The lowest BCUT2D eigenvalue weighted by molar-refractivity contribution is 0.0186. The Morgan fingerprint density at radius 3 is 2.50 bits per heavy atom. The summed E-state index contributed by atoms with van der Waals surface area (Å²) >= 11 is 0. The van der Waals surface area contributed by atoms with Gasteiger partial charge in [0.05, 0.1) is 0 Å². The Morgan fingerprint density at radius 2 is 1.95 bits per heavy atom. The van der Waals surface area contributed by atoms with Gasteiger partial charge in [-0.25, -0.2) is 4.79 Å². The lowest BCUT2D eigenvalue weighted by atomic mass is 9.86. The number of piperidine rings is 1. The number of carbonyl (C=O) groups excluding carboxylic acids is 1. The predicted octanol–water partition coefficient (Wildman–Crippen LogP) is 2.74. The fourth-order valence-electron chi connectivity index (χ4n) is 2.59. The summed E-state index contributed by atoms with van der Waals surface area (Å²) in [6.07, 6.45) is 0.615. The van der Waals surface area contributed by atoms with E-state index in [4.69, 9.17) is 10.5 Å². The van der Waals surface area contributed by atoms with Crippen molar-refractivity contribution in [3.8, 4) is 0 Å². The molecular weight excluding hydrogens is 252 g/mol. The van der Waals surface area contributed by atoms with E-state index < -0.39 is 5.60 Å². The van der Waals surface area contributed by atoms with Crippen LogP contribution in [0.15, 0.2) is 30.3 Å². The second-order valence-corrected chi connectivity index (χ2v) is 6.40. The van der Waals surface area contributed by atoms with Gasteiger partial charge >= 0.3 is 6.09 Å². The molecule has 1 aromatic carbocycles. The van der Waals surface area contributed by atoms with Gasteiger partial charge < -0.3 is 15.4 Å². The maximum atomic E-state index is 12.1. The summed E-state index contributed by atoms with van der Waals surface area (Å²) in [6, 6.07) is 10.2. The first kappa shape index (κ1) is 14.9. The van der Waals surface area contributed by atoms with Gasteiger partial charge in [-0.3, -0.25) is 0 Å². The highest BCUT2D eigenvalue weighted by Crippen LogP contribution is 2.27. The summed E-state index contributed by atoms with van der Waals surface area (Å²) in [5.41, 5.74) is 7.05. The Bertz CT molecular complexity index is 453. The molecule has 1 aromatic rings. The molecule has 1 heterocycles. The minimum Gasteiger partial charge on any atom is -0.444 e. The molecule has 1 aliphatic rings. The van der Waals surface area contributed by atoms with Gasteiger partial charge in [-0.15, -0.1) is 0 Å². The number of ether oxygens (including phenoxy) is 1. The van der Waals surface area contributed by atoms with Crippen LogP contribution in [-0.2, 0) is 4.74 Å². The van der Waals surface area contributed by atoms with Gasteiger partial charge in [0.25, 0.3) is 0 Å². The summed E-state index contributed by atoms with van der Waals surface area (Å²) in [7, 11) is 0. The van der Waals surface area contributed by atoms with E-state index in [0.29, 0.717) is 19.0 Å². The Labute approximate surface area is 120 Å². The van der Waals surface area contributed by atoms with Crippen LogP contribution in [0.2, 0.25) is 0 Å². The molecule has 0 aliphatic carbocycles. The molecule has 2 N–H and O–H groups in total. The van der Waals surface area contributed by atoms with Crippen molar-refractivity contribution in [3.63, 3.8) is 0 Å². The van der Waals surface area contributed by atoms with E-state index in [-0.39, 0.29) is 12.1 Å². The zero-order valence-electron chi connectivity index (χ0n) is 12.5. The number of likely N-dealkylation sites (tertiary alicyclic amines) is 1. The third-order valence-electron chi connectivity index (χ3n) is 3.54. The minimum absolute atomic E-state index is 0.0429. The molecule has 20 heavy (non-hydrogen) atoms. The van der Waals surface area contributed by atoms with Crippen molar-refractivity contribution in [2.24, 2.45) is 5.73 Å². The third-order valence-corrected chi connectivity index (χ3v) is 3.54. The Morgan fingerprint density at radius 1 is 1.30 bits per heavy atom. The van der Waals surface area contributed by atoms with Crippen molar-refractivity contribution in [2.75, 3.05) is 13.1 Å². The molecule has 0 bridgehead atoms. The van der Waals surface area contributed by atoms with Crippen LogP contribution in [0, 0.1) is 0 Å². The van der Waals surface area contributed by atoms with Crippen molar-refractivity contribution in [2.45, 2.75) is 44.8 Å². The Hall–Kier alpha value is -1.55. The highest BCUT2D eigenvalue weighted by molar-refractivity contribution is 5.68. The SMILES string of the molecule is CC(C)(C)OC(=O)N1CC[C@H](c2ccccc2)[C@H](N)C1. The molecule has 2 rings (SSSR count). The molecule has 0 aromatic heterocycles. The normalized spacial score (nSPS) is 23.5. The van der Waals surface area contributed by atoms with Crippen LogP contribution >= 0.6 is 0 Å². The zero-order valence-corrected chi connectivity index (χ0v) is 12.5. The van der Waals surface area contributed by atoms with E-state index in [1.165, 1.54) is 5.56 Å². The minimum atomic E-state index is -0.461. The Balaban J connectivity index is 1.97. The second kappa shape index (κ2) is 5.83. The molecule has 0 unspecified atom stereocenters. The molecule has 1 saturated heterocycles. The molecule has 1 aliphatic heterocycles. The number of rotatable bonds is 1. The van der Waals surface area contributed by atoms with Crippen LogP contribution < -0.4 is 5.73 Å². The standard InChI is InChI=1S/C16H24N2O2/c1-16(2,3)20-15(19)18-10-9-13(14(17)11-18)12-7-5-4-6-8-12/h4-8,13-14H,9-11,17H2,1-3H3/t13-,14-/m1/s1. The fourth-order valence-corrected chi connectivity index (χ4v) is 2.59. The summed E-state index contributed by atoms with van der Waals surface area (Å²) in [4.78, 5) is 13.8. The molecule has 1 fully saturated rings. The van der Waals surface area contributed by atoms with Crippen molar-refractivity contribution >= 4 is 6.09 Å². The van der Waals surface area contributed by atoms with Gasteiger partial charge in [0.15, 0.2) is 0 Å². The van der Waals surface area contributed by atoms with Gasteiger partial charge in [-0.1, -0.05) is 30.3 Å². The first-order chi connectivity index (χ1) is 9.37.